The average Bonchev–Trinajstić information content (AvgIpc) is 3.40. The summed E-state index contributed by atoms with van der Waals surface area (Å²) in [5, 5.41) is 106. The second-order valence-corrected chi connectivity index (χ2v) is 20.3. The first-order chi connectivity index (χ1) is 25.9. The highest BCUT2D eigenvalue weighted by atomic mass is 16.7. The van der Waals surface area contributed by atoms with Crippen molar-refractivity contribution in [3.8, 4) is 0 Å². The van der Waals surface area contributed by atoms with E-state index < -0.39 is 104 Å². The molecule has 14 heteroatoms. The predicted octanol–water partition coefficient (Wildman–Crippen LogP) is 1.12. The third-order valence-corrected chi connectivity index (χ3v) is 16.6. The summed E-state index contributed by atoms with van der Waals surface area (Å²) >= 11 is 0. The first kappa shape index (κ1) is 44.7. The molecule has 0 aromatic heterocycles. The fourth-order valence-corrected chi connectivity index (χ4v) is 12.6. The molecule has 3 saturated carbocycles. The summed E-state index contributed by atoms with van der Waals surface area (Å²) in [6, 6.07) is 0. The van der Waals surface area contributed by atoms with Crippen molar-refractivity contribution in [2.45, 2.75) is 192 Å². The van der Waals surface area contributed by atoms with Gasteiger partial charge < -0.3 is 70.0 Å². The number of ether oxygens (including phenoxy) is 4. The zero-order valence-electron chi connectivity index (χ0n) is 34.6. The van der Waals surface area contributed by atoms with E-state index in [1.807, 2.05) is 0 Å². The highest BCUT2D eigenvalue weighted by Crippen LogP contribution is 2.75. The van der Waals surface area contributed by atoms with Gasteiger partial charge in [0.1, 0.15) is 48.8 Å². The van der Waals surface area contributed by atoms with Gasteiger partial charge >= 0.3 is 0 Å². The van der Waals surface area contributed by atoms with Crippen molar-refractivity contribution >= 4 is 0 Å². The molecule has 6 aliphatic rings. The number of aliphatic hydroxyl groups is 10. The summed E-state index contributed by atoms with van der Waals surface area (Å²) in [4.78, 5) is 0. The first-order valence-electron chi connectivity index (χ1n) is 21.0. The van der Waals surface area contributed by atoms with E-state index in [-0.39, 0.29) is 28.1 Å². The molecule has 0 radical (unpaired) electrons. The number of aliphatic hydroxyl groups excluding tert-OH is 9. The van der Waals surface area contributed by atoms with Gasteiger partial charge in [0.2, 0.25) is 0 Å². The van der Waals surface area contributed by atoms with Crippen LogP contribution in [0.3, 0.4) is 0 Å². The van der Waals surface area contributed by atoms with Crippen LogP contribution in [-0.2, 0) is 18.9 Å². The Morgan fingerprint density at radius 1 is 0.804 bits per heavy atom. The lowest BCUT2D eigenvalue weighted by Crippen LogP contribution is -2.65. The van der Waals surface area contributed by atoms with E-state index in [1.54, 1.807) is 13.8 Å². The quantitative estimate of drug-likeness (QED) is 0.132. The Labute approximate surface area is 331 Å². The summed E-state index contributed by atoms with van der Waals surface area (Å²) in [5.74, 6) is 1.05. The van der Waals surface area contributed by atoms with Crippen LogP contribution in [0.5, 0.6) is 0 Å². The van der Waals surface area contributed by atoms with Gasteiger partial charge in [-0.1, -0.05) is 53.2 Å². The maximum absolute atomic E-state index is 12.4. The number of hydrogen-bond acceptors (Lipinski definition) is 14. The van der Waals surface area contributed by atoms with Gasteiger partial charge in [-0.15, -0.1) is 0 Å². The SMILES string of the molecule is CC(CCC(O)C(C)(C)O)C1CCC2(C)C3CC=C4C(CCC(OC5OC(COC6OC(CO)C(O)C(O)C6O)C(O)C(O)C5O)C4(C)C)C3(C)C(O)CC12C. The van der Waals surface area contributed by atoms with Crippen molar-refractivity contribution in [2.24, 2.45) is 45.3 Å². The van der Waals surface area contributed by atoms with Crippen molar-refractivity contribution in [1.82, 2.24) is 0 Å². The molecule has 5 fully saturated rings. The molecule has 2 saturated heterocycles. The van der Waals surface area contributed by atoms with Gasteiger partial charge in [-0.05, 0) is 99.7 Å². The molecule has 0 bridgehead atoms. The van der Waals surface area contributed by atoms with Crippen LogP contribution < -0.4 is 0 Å². The van der Waals surface area contributed by atoms with Gasteiger partial charge in [-0.25, -0.2) is 0 Å². The molecule has 2 heterocycles. The minimum atomic E-state index is -1.67. The van der Waals surface area contributed by atoms with Crippen LogP contribution in [0.25, 0.3) is 0 Å². The van der Waals surface area contributed by atoms with Crippen LogP contribution in [0.2, 0.25) is 0 Å². The Hall–Kier alpha value is -0.820. The van der Waals surface area contributed by atoms with Crippen molar-refractivity contribution in [3.63, 3.8) is 0 Å². The molecular formula is C42H72O14. The molecule has 0 aromatic carbocycles. The van der Waals surface area contributed by atoms with Gasteiger partial charge in [0.25, 0.3) is 0 Å². The van der Waals surface area contributed by atoms with Crippen LogP contribution in [0, 0.1) is 45.3 Å². The maximum atomic E-state index is 12.4. The Morgan fingerprint density at radius 3 is 2.04 bits per heavy atom. The summed E-state index contributed by atoms with van der Waals surface area (Å²) < 4.78 is 23.6. The van der Waals surface area contributed by atoms with Gasteiger partial charge in [0.15, 0.2) is 12.6 Å². The Morgan fingerprint density at radius 2 is 1.41 bits per heavy atom. The zero-order chi connectivity index (χ0) is 41.5. The van der Waals surface area contributed by atoms with Crippen LogP contribution in [0.1, 0.15) is 107 Å². The van der Waals surface area contributed by atoms with Crippen LogP contribution in [-0.4, -0.2) is 150 Å². The molecule has 56 heavy (non-hydrogen) atoms. The summed E-state index contributed by atoms with van der Waals surface area (Å²) in [5.41, 5.74) is -0.985. The lowest BCUT2D eigenvalue weighted by Gasteiger charge is -2.67. The van der Waals surface area contributed by atoms with E-state index in [2.05, 4.69) is 47.6 Å². The highest BCUT2D eigenvalue weighted by molar-refractivity contribution is 5.32. The van der Waals surface area contributed by atoms with E-state index in [9.17, 15) is 51.1 Å². The van der Waals surface area contributed by atoms with E-state index in [1.165, 1.54) is 5.57 Å². The Balaban J connectivity index is 1.16. The minimum Gasteiger partial charge on any atom is -0.394 e. The third-order valence-electron chi connectivity index (χ3n) is 16.6. The fraction of sp³-hybridized carbons (Fsp3) is 0.952. The van der Waals surface area contributed by atoms with Gasteiger partial charge in [0.05, 0.1) is 37.1 Å². The fourth-order valence-electron chi connectivity index (χ4n) is 12.6. The van der Waals surface area contributed by atoms with Crippen molar-refractivity contribution in [3.05, 3.63) is 11.6 Å². The Bertz CT molecular complexity index is 1400. The van der Waals surface area contributed by atoms with E-state index in [4.69, 9.17) is 18.9 Å². The monoisotopic (exact) mass is 800 g/mol. The lowest BCUT2D eigenvalue weighted by molar-refractivity contribution is -0.340. The summed E-state index contributed by atoms with van der Waals surface area (Å²) in [7, 11) is 0. The number of fused-ring (bicyclic) bond motifs is 5. The molecule has 2 aliphatic heterocycles. The molecule has 20 atom stereocenters. The number of hydrogen-bond donors (Lipinski definition) is 10. The van der Waals surface area contributed by atoms with Crippen LogP contribution in [0.4, 0.5) is 0 Å². The zero-order valence-corrected chi connectivity index (χ0v) is 34.6. The maximum Gasteiger partial charge on any atom is 0.187 e. The predicted molar refractivity (Wildman–Crippen MR) is 202 cm³/mol. The van der Waals surface area contributed by atoms with Gasteiger partial charge in [-0.2, -0.15) is 0 Å². The van der Waals surface area contributed by atoms with Crippen molar-refractivity contribution in [1.29, 1.82) is 0 Å². The van der Waals surface area contributed by atoms with E-state index in [0.717, 1.165) is 32.1 Å². The van der Waals surface area contributed by atoms with E-state index >= 15 is 0 Å². The largest absolute Gasteiger partial charge is 0.394 e. The first-order valence-corrected chi connectivity index (χ1v) is 21.0. The minimum absolute atomic E-state index is 0.0159. The molecule has 324 valence electrons. The molecule has 4 aliphatic carbocycles. The standard InChI is InChI=1S/C42H72O14/c1-20(9-13-27(44)39(4,5)52)21-15-16-40(6)26-12-10-22-23(42(26,8)28(45)17-41(21,40)7)11-14-29(38(22,2)3)56-37-35(51)33(49)31(47)25(55-37)19-53-36-34(50)32(48)30(46)24(18-43)54-36/h10,20-21,23-37,43-52H,9,11-19H2,1-8H3. The molecule has 14 nitrogen and oxygen atoms in total. The van der Waals surface area contributed by atoms with Crippen LogP contribution >= 0.6 is 0 Å². The topological polar surface area (TPSA) is 239 Å². The number of allylic oxidation sites excluding steroid dienone is 1. The smallest absolute Gasteiger partial charge is 0.187 e. The average molecular weight is 801 g/mol. The van der Waals surface area contributed by atoms with E-state index in [0.29, 0.717) is 31.1 Å². The summed E-state index contributed by atoms with van der Waals surface area (Å²) in [6.07, 6.45) is -8.06. The molecule has 10 N–H and O–H groups in total. The highest BCUT2D eigenvalue weighted by Gasteiger charge is 2.70. The van der Waals surface area contributed by atoms with Gasteiger partial charge in [0, 0.05) is 10.8 Å². The normalized spacial score (nSPS) is 50.3. The lowest BCUT2D eigenvalue weighted by atomic mass is 9.38. The molecule has 0 aromatic rings. The Kier molecular flexibility index (Phi) is 12.7. The third kappa shape index (κ3) is 7.26. The number of rotatable bonds is 11. The molecular weight excluding hydrogens is 728 g/mol. The second kappa shape index (κ2) is 15.9. The molecule has 0 spiro atoms. The van der Waals surface area contributed by atoms with Crippen molar-refractivity contribution in [2.75, 3.05) is 13.2 Å². The summed E-state index contributed by atoms with van der Waals surface area (Å²) in [6.45, 7) is 15.8. The molecule has 20 unspecified atom stereocenters. The second-order valence-electron chi connectivity index (χ2n) is 20.3. The van der Waals surface area contributed by atoms with Crippen LogP contribution in [0.15, 0.2) is 11.6 Å². The van der Waals surface area contributed by atoms with Crippen molar-refractivity contribution < 1.29 is 70.0 Å². The van der Waals surface area contributed by atoms with Gasteiger partial charge in [-0.3, -0.25) is 0 Å². The molecule has 0 amide bonds. The molecule has 6 rings (SSSR count).